The second-order valence-corrected chi connectivity index (χ2v) is 6.59. The molecule has 0 unspecified atom stereocenters. The van der Waals surface area contributed by atoms with Gasteiger partial charge in [-0.25, -0.2) is 14.6 Å². The minimum absolute atomic E-state index is 0.373. The van der Waals surface area contributed by atoms with Crippen LogP contribution in [0.1, 0.15) is 42.9 Å². The average Bonchev–Trinajstić information content (AvgIpc) is 3.38. The van der Waals surface area contributed by atoms with Gasteiger partial charge in [0.1, 0.15) is 30.8 Å². The molecule has 0 amide bonds. The van der Waals surface area contributed by atoms with Crippen molar-refractivity contribution >= 4 is 5.82 Å². The molecule has 1 fully saturated rings. The first-order valence-corrected chi connectivity index (χ1v) is 9.14. The molecule has 0 saturated carbocycles. The molecular weight excluding hydrogens is 342 g/mol. The highest BCUT2D eigenvalue weighted by Gasteiger charge is 2.26. The van der Waals surface area contributed by atoms with Gasteiger partial charge in [-0.2, -0.15) is 10.4 Å². The summed E-state index contributed by atoms with van der Waals surface area (Å²) in [7, 11) is 0. The molecule has 138 valence electrons. The number of nitrogens with zero attached hydrogens (tertiary/aromatic N) is 9. The highest BCUT2D eigenvalue weighted by Crippen LogP contribution is 2.29. The van der Waals surface area contributed by atoms with E-state index in [2.05, 4.69) is 47.7 Å². The van der Waals surface area contributed by atoms with Crippen LogP contribution < -0.4 is 4.90 Å². The molecule has 3 aromatic heterocycles. The van der Waals surface area contributed by atoms with Gasteiger partial charge in [0.2, 0.25) is 0 Å². The third kappa shape index (κ3) is 3.51. The molecule has 9 heteroatoms. The van der Waals surface area contributed by atoms with Crippen LogP contribution in [-0.4, -0.2) is 47.6 Å². The first kappa shape index (κ1) is 17.1. The number of hydrogen-bond acceptors (Lipinski definition) is 7. The standard InChI is InChI=1S/C18H21N9/c1-2-27-17(11-26-13-20-12-22-26)23-24-18(27)15-4-7-25(8-5-15)16-9-14(10-19)3-6-21-16/h3,6,9,12-13,15H,2,4-5,7-8,11H2,1H3. The van der Waals surface area contributed by atoms with E-state index in [0.717, 1.165) is 49.9 Å². The summed E-state index contributed by atoms with van der Waals surface area (Å²) in [6, 6.07) is 5.76. The van der Waals surface area contributed by atoms with Crippen molar-refractivity contribution in [2.75, 3.05) is 18.0 Å². The second-order valence-electron chi connectivity index (χ2n) is 6.59. The van der Waals surface area contributed by atoms with E-state index < -0.39 is 0 Å². The number of anilines is 1. The molecule has 1 aliphatic rings. The zero-order valence-corrected chi connectivity index (χ0v) is 15.2. The summed E-state index contributed by atoms with van der Waals surface area (Å²) in [5.41, 5.74) is 0.644. The fraction of sp³-hybridized carbons (Fsp3) is 0.444. The van der Waals surface area contributed by atoms with Crippen molar-refractivity contribution in [1.82, 2.24) is 34.5 Å². The molecule has 0 N–H and O–H groups in total. The van der Waals surface area contributed by atoms with Crippen LogP contribution >= 0.6 is 0 Å². The van der Waals surface area contributed by atoms with Gasteiger partial charge in [0.15, 0.2) is 5.82 Å². The van der Waals surface area contributed by atoms with Crippen LogP contribution in [0.4, 0.5) is 5.82 Å². The topological polar surface area (TPSA) is 101 Å². The van der Waals surface area contributed by atoms with Crippen molar-refractivity contribution in [3.05, 3.63) is 48.2 Å². The maximum Gasteiger partial charge on any atom is 0.154 e. The monoisotopic (exact) mass is 363 g/mol. The summed E-state index contributed by atoms with van der Waals surface area (Å²) in [6.07, 6.45) is 6.89. The Balaban J connectivity index is 1.46. The number of hydrogen-bond donors (Lipinski definition) is 0. The molecule has 4 rings (SSSR count). The van der Waals surface area contributed by atoms with E-state index in [0.29, 0.717) is 18.0 Å². The van der Waals surface area contributed by atoms with E-state index in [1.165, 1.54) is 6.33 Å². The molecule has 1 saturated heterocycles. The van der Waals surface area contributed by atoms with Crippen molar-refractivity contribution in [2.24, 2.45) is 0 Å². The van der Waals surface area contributed by atoms with E-state index in [-0.39, 0.29) is 0 Å². The van der Waals surface area contributed by atoms with Gasteiger partial charge < -0.3 is 9.47 Å². The lowest BCUT2D eigenvalue weighted by atomic mass is 9.95. The third-order valence-corrected chi connectivity index (χ3v) is 5.00. The highest BCUT2D eigenvalue weighted by molar-refractivity contribution is 5.45. The molecule has 4 heterocycles. The van der Waals surface area contributed by atoms with Gasteiger partial charge in [0.25, 0.3) is 0 Å². The SMILES string of the molecule is CCn1c(Cn2cncn2)nnc1C1CCN(c2cc(C#N)ccn2)CC1. The zero-order chi connectivity index (χ0) is 18.6. The molecule has 1 aliphatic heterocycles. The Bertz CT molecular complexity index is 930. The first-order chi connectivity index (χ1) is 13.3. The number of piperidine rings is 1. The van der Waals surface area contributed by atoms with Gasteiger partial charge in [-0.05, 0) is 31.9 Å². The van der Waals surface area contributed by atoms with Gasteiger partial charge in [0, 0.05) is 31.7 Å². The van der Waals surface area contributed by atoms with E-state index in [1.807, 2.05) is 6.07 Å². The first-order valence-electron chi connectivity index (χ1n) is 9.14. The summed E-state index contributed by atoms with van der Waals surface area (Å²) in [5, 5.41) is 22.1. The number of nitriles is 1. The minimum Gasteiger partial charge on any atom is -0.357 e. The van der Waals surface area contributed by atoms with E-state index in [1.54, 1.807) is 23.3 Å². The molecule has 3 aromatic rings. The smallest absolute Gasteiger partial charge is 0.154 e. The van der Waals surface area contributed by atoms with Gasteiger partial charge >= 0.3 is 0 Å². The summed E-state index contributed by atoms with van der Waals surface area (Å²) < 4.78 is 3.95. The van der Waals surface area contributed by atoms with Crippen LogP contribution in [0.25, 0.3) is 0 Å². The predicted molar refractivity (Wildman–Crippen MR) is 98.0 cm³/mol. The summed E-state index contributed by atoms with van der Waals surface area (Å²) in [6.45, 7) is 5.30. The van der Waals surface area contributed by atoms with Gasteiger partial charge in [0.05, 0.1) is 11.6 Å². The quantitative estimate of drug-likeness (QED) is 0.678. The van der Waals surface area contributed by atoms with Crippen molar-refractivity contribution in [3.63, 3.8) is 0 Å². The Hall–Kier alpha value is -3.28. The Labute approximate surface area is 157 Å². The van der Waals surface area contributed by atoms with Crippen LogP contribution in [0.3, 0.4) is 0 Å². The molecule has 0 aliphatic carbocycles. The van der Waals surface area contributed by atoms with Gasteiger partial charge in [-0.3, -0.25) is 0 Å². The van der Waals surface area contributed by atoms with Crippen molar-refractivity contribution in [2.45, 2.75) is 38.8 Å². The lowest BCUT2D eigenvalue weighted by molar-refractivity contribution is 0.461. The van der Waals surface area contributed by atoms with Crippen LogP contribution in [0, 0.1) is 11.3 Å². The Morgan fingerprint density at radius 1 is 1.26 bits per heavy atom. The van der Waals surface area contributed by atoms with Crippen LogP contribution in [-0.2, 0) is 13.1 Å². The van der Waals surface area contributed by atoms with E-state index in [4.69, 9.17) is 5.26 Å². The number of rotatable bonds is 5. The molecule has 9 nitrogen and oxygen atoms in total. The fourth-order valence-electron chi connectivity index (χ4n) is 3.60. The number of pyridine rings is 1. The van der Waals surface area contributed by atoms with Crippen LogP contribution in [0.2, 0.25) is 0 Å². The van der Waals surface area contributed by atoms with Crippen molar-refractivity contribution in [3.8, 4) is 6.07 Å². The molecule has 0 atom stereocenters. The molecule has 0 aromatic carbocycles. The molecule has 27 heavy (non-hydrogen) atoms. The lowest BCUT2D eigenvalue weighted by Gasteiger charge is -2.32. The van der Waals surface area contributed by atoms with Crippen molar-refractivity contribution in [1.29, 1.82) is 5.26 Å². The van der Waals surface area contributed by atoms with Gasteiger partial charge in [-0.1, -0.05) is 0 Å². The Morgan fingerprint density at radius 2 is 2.11 bits per heavy atom. The van der Waals surface area contributed by atoms with E-state index in [9.17, 15) is 0 Å². The summed E-state index contributed by atoms with van der Waals surface area (Å²) >= 11 is 0. The summed E-state index contributed by atoms with van der Waals surface area (Å²) in [4.78, 5) is 10.6. The Kier molecular flexibility index (Phi) is 4.78. The zero-order valence-electron chi connectivity index (χ0n) is 15.2. The fourth-order valence-corrected chi connectivity index (χ4v) is 3.60. The van der Waals surface area contributed by atoms with Crippen LogP contribution in [0.15, 0.2) is 31.0 Å². The maximum absolute atomic E-state index is 9.08. The second kappa shape index (κ2) is 7.53. The van der Waals surface area contributed by atoms with Crippen LogP contribution in [0.5, 0.6) is 0 Å². The predicted octanol–water partition coefficient (Wildman–Crippen LogP) is 1.59. The maximum atomic E-state index is 9.08. The molecule has 0 bridgehead atoms. The third-order valence-electron chi connectivity index (χ3n) is 5.00. The average molecular weight is 363 g/mol. The molecule has 0 spiro atoms. The minimum atomic E-state index is 0.373. The largest absolute Gasteiger partial charge is 0.357 e. The molecular formula is C18H21N9. The lowest BCUT2D eigenvalue weighted by Crippen LogP contribution is -2.34. The highest BCUT2D eigenvalue weighted by atomic mass is 15.4. The van der Waals surface area contributed by atoms with Gasteiger partial charge in [-0.15, -0.1) is 10.2 Å². The molecule has 0 radical (unpaired) electrons. The normalized spacial score (nSPS) is 15.0. The Morgan fingerprint density at radius 3 is 2.81 bits per heavy atom. The number of aromatic nitrogens is 7. The summed E-state index contributed by atoms with van der Waals surface area (Å²) in [5.74, 6) is 3.20. The van der Waals surface area contributed by atoms with E-state index >= 15 is 0 Å². The van der Waals surface area contributed by atoms with Crippen molar-refractivity contribution < 1.29 is 0 Å².